The molecule has 2 heterocycles. The van der Waals surface area contributed by atoms with Gasteiger partial charge in [-0.25, -0.2) is 0 Å². The summed E-state index contributed by atoms with van der Waals surface area (Å²) < 4.78 is 11.6. The van der Waals surface area contributed by atoms with E-state index in [1.807, 2.05) is 32.0 Å². The van der Waals surface area contributed by atoms with Gasteiger partial charge in [0, 0.05) is 17.0 Å². The molecule has 6 heteroatoms. The molecule has 1 aromatic carbocycles. The number of aromatic nitrogens is 2. The van der Waals surface area contributed by atoms with Crippen LogP contribution >= 0.6 is 0 Å². The van der Waals surface area contributed by atoms with E-state index >= 15 is 0 Å². The van der Waals surface area contributed by atoms with Gasteiger partial charge in [0.15, 0.2) is 5.76 Å². The quantitative estimate of drug-likeness (QED) is 0.699. The number of para-hydroxylation sites is 1. The summed E-state index contributed by atoms with van der Waals surface area (Å²) >= 11 is 0. The number of aryl methyl sites for hydroxylation is 2. The largest absolute Gasteiger partial charge is 0.450 e. The molecule has 0 aliphatic heterocycles. The van der Waals surface area contributed by atoms with Crippen LogP contribution in [0.25, 0.3) is 22.6 Å². The lowest BCUT2D eigenvalue weighted by molar-refractivity contribution is 0.0898. The van der Waals surface area contributed by atoms with Crippen molar-refractivity contribution in [1.82, 2.24) is 15.5 Å². The zero-order chi connectivity index (χ0) is 18.1. The molecule has 3 aromatic rings. The molecule has 1 fully saturated rings. The van der Waals surface area contributed by atoms with E-state index in [1.165, 1.54) is 12.8 Å². The van der Waals surface area contributed by atoms with Gasteiger partial charge in [-0.05, 0) is 32.3 Å². The highest BCUT2D eigenvalue weighted by molar-refractivity contribution is 5.91. The van der Waals surface area contributed by atoms with Crippen LogP contribution in [-0.2, 0) is 0 Å². The van der Waals surface area contributed by atoms with Crippen molar-refractivity contribution >= 4 is 16.9 Å². The summed E-state index contributed by atoms with van der Waals surface area (Å²) in [7, 11) is 0. The fourth-order valence-electron chi connectivity index (χ4n) is 3.67. The predicted molar refractivity (Wildman–Crippen MR) is 97.9 cm³/mol. The van der Waals surface area contributed by atoms with E-state index in [0.29, 0.717) is 5.76 Å². The molecule has 1 amide bonds. The Morgan fingerprint density at radius 2 is 1.85 bits per heavy atom. The third-order valence-corrected chi connectivity index (χ3v) is 5.16. The first-order valence-electron chi connectivity index (χ1n) is 9.27. The Labute approximate surface area is 152 Å². The Hall–Kier alpha value is -2.63. The Morgan fingerprint density at radius 1 is 1.08 bits per heavy atom. The van der Waals surface area contributed by atoms with Crippen molar-refractivity contribution in [2.24, 2.45) is 0 Å². The maximum absolute atomic E-state index is 12.4. The predicted octanol–water partition coefficient (Wildman–Crippen LogP) is 4.55. The van der Waals surface area contributed by atoms with Gasteiger partial charge in [-0.1, -0.05) is 43.9 Å². The minimum absolute atomic E-state index is 0.0131. The molecule has 1 aliphatic carbocycles. The van der Waals surface area contributed by atoms with Gasteiger partial charge < -0.3 is 14.2 Å². The van der Waals surface area contributed by atoms with Crippen LogP contribution in [0.2, 0.25) is 0 Å². The fraction of sp³-hybridized carbons (Fsp3) is 0.450. The van der Waals surface area contributed by atoms with Crippen molar-refractivity contribution in [3.63, 3.8) is 0 Å². The van der Waals surface area contributed by atoms with Gasteiger partial charge in [0.1, 0.15) is 5.58 Å². The van der Waals surface area contributed by atoms with E-state index in [9.17, 15) is 4.79 Å². The summed E-state index contributed by atoms with van der Waals surface area (Å²) in [6.07, 6.45) is 6.79. The minimum atomic E-state index is -0.305. The Kier molecular flexibility index (Phi) is 4.49. The normalized spacial score (nSPS) is 15.9. The van der Waals surface area contributed by atoms with Crippen molar-refractivity contribution in [1.29, 1.82) is 0 Å². The Morgan fingerprint density at radius 3 is 2.58 bits per heavy atom. The number of furan rings is 1. The topological polar surface area (TPSA) is 81.2 Å². The highest BCUT2D eigenvalue weighted by atomic mass is 16.4. The molecule has 2 aromatic heterocycles. The van der Waals surface area contributed by atoms with Crippen LogP contribution in [0.15, 0.2) is 27.0 Å². The first-order valence-corrected chi connectivity index (χ1v) is 9.27. The Balaban J connectivity index is 1.57. The second kappa shape index (κ2) is 6.94. The average molecular weight is 353 g/mol. The lowest BCUT2D eigenvalue weighted by Gasteiger charge is -2.14. The van der Waals surface area contributed by atoms with Crippen molar-refractivity contribution in [3.05, 3.63) is 35.2 Å². The maximum Gasteiger partial charge on any atom is 0.309 e. The monoisotopic (exact) mass is 353 g/mol. The summed E-state index contributed by atoms with van der Waals surface area (Å²) in [5, 5.41) is 12.0. The van der Waals surface area contributed by atoms with Gasteiger partial charge in [0.05, 0.1) is 0 Å². The van der Waals surface area contributed by atoms with Crippen molar-refractivity contribution in [2.45, 2.75) is 58.4 Å². The highest BCUT2D eigenvalue weighted by Crippen LogP contribution is 2.33. The van der Waals surface area contributed by atoms with Crippen molar-refractivity contribution in [2.75, 3.05) is 0 Å². The van der Waals surface area contributed by atoms with Gasteiger partial charge >= 0.3 is 11.8 Å². The van der Waals surface area contributed by atoms with Gasteiger partial charge in [-0.2, -0.15) is 0 Å². The lowest BCUT2D eigenvalue weighted by Crippen LogP contribution is -2.34. The first kappa shape index (κ1) is 16.8. The highest BCUT2D eigenvalue weighted by Gasteiger charge is 2.23. The summed E-state index contributed by atoms with van der Waals surface area (Å²) in [5.41, 5.74) is 2.79. The molecule has 4 rings (SSSR count). The van der Waals surface area contributed by atoms with E-state index in [1.54, 1.807) is 0 Å². The van der Waals surface area contributed by atoms with Crippen LogP contribution in [0.5, 0.6) is 0 Å². The van der Waals surface area contributed by atoms with Crippen molar-refractivity contribution < 1.29 is 13.6 Å². The molecule has 0 atom stereocenters. The molecule has 0 saturated heterocycles. The zero-order valence-electron chi connectivity index (χ0n) is 15.2. The van der Waals surface area contributed by atoms with Gasteiger partial charge in [0.2, 0.25) is 0 Å². The van der Waals surface area contributed by atoms with Gasteiger partial charge in [-0.15, -0.1) is 10.2 Å². The summed E-state index contributed by atoms with van der Waals surface area (Å²) in [6.45, 7) is 3.95. The summed E-state index contributed by atoms with van der Waals surface area (Å²) in [6, 6.07) is 6.18. The van der Waals surface area contributed by atoms with E-state index in [-0.39, 0.29) is 23.7 Å². The summed E-state index contributed by atoms with van der Waals surface area (Å²) in [5.74, 6) is 0.445. The lowest BCUT2D eigenvalue weighted by atomic mass is 10.1. The molecule has 0 bridgehead atoms. The van der Waals surface area contributed by atoms with E-state index in [0.717, 1.165) is 47.8 Å². The molecule has 0 spiro atoms. The standard InChI is InChI=1S/C20H23N3O3/c1-12-8-7-11-15-13(2)17(25-16(12)15)19-22-23-20(26-19)18(24)21-14-9-5-3-4-6-10-14/h7-8,11,14H,3-6,9-10H2,1-2H3,(H,21,24). The summed E-state index contributed by atoms with van der Waals surface area (Å²) in [4.78, 5) is 12.4. The number of nitrogens with zero attached hydrogens (tertiary/aromatic N) is 2. The van der Waals surface area contributed by atoms with Gasteiger partial charge in [0.25, 0.3) is 5.89 Å². The van der Waals surface area contributed by atoms with Crippen LogP contribution in [0.1, 0.15) is 60.3 Å². The fourth-order valence-corrected chi connectivity index (χ4v) is 3.67. The molecular formula is C20H23N3O3. The third kappa shape index (κ3) is 3.11. The van der Waals surface area contributed by atoms with Crippen LogP contribution < -0.4 is 5.32 Å². The van der Waals surface area contributed by atoms with Gasteiger partial charge in [-0.3, -0.25) is 4.79 Å². The van der Waals surface area contributed by atoms with Crippen LogP contribution in [0.3, 0.4) is 0 Å². The number of hydrogen-bond acceptors (Lipinski definition) is 5. The number of hydrogen-bond donors (Lipinski definition) is 1. The molecule has 136 valence electrons. The van der Waals surface area contributed by atoms with E-state index in [2.05, 4.69) is 15.5 Å². The van der Waals surface area contributed by atoms with E-state index in [4.69, 9.17) is 8.83 Å². The number of fused-ring (bicyclic) bond motifs is 1. The number of amides is 1. The molecule has 1 saturated carbocycles. The number of benzene rings is 1. The molecule has 26 heavy (non-hydrogen) atoms. The third-order valence-electron chi connectivity index (χ3n) is 5.16. The van der Waals surface area contributed by atoms with Crippen LogP contribution in [0.4, 0.5) is 0 Å². The minimum Gasteiger partial charge on any atom is -0.450 e. The van der Waals surface area contributed by atoms with Crippen molar-refractivity contribution in [3.8, 4) is 11.7 Å². The average Bonchev–Trinajstić information content (AvgIpc) is 3.15. The zero-order valence-corrected chi connectivity index (χ0v) is 15.2. The molecule has 0 unspecified atom stereocenters. The maximum atomic E-state index is 12.4. The number of rotatable bonds is 3. The molecule has 1 aliphatic rings. The second-order valence-electron chi connectivity index (χ2n) is 7.08. The van der Waals surface area contributed by atoms with E-state index < -0.39 is 0 Å². The number of nitrogens with one attached hydrogen (secondary N) is 1. The number of carbonyl (C=O) groups is 1. The second-order valence-corrected chi connectivity index (χ2v) is 7.08. The first-order chi connectivity index (χ1) is 12.6. The smallest absolute Gasteiger partial charge is 0.309 e. The molecular weight excluding hydrogens is 330 g/mol. The van der Waals surface area contributed by atoms with Crippen LogP contribution in [-0.4, -0.2) is 22.1 Å². The molecule has 0 radical (unpaired) electrons. The molecule has 1 N–H and O–H groups in total. The molecule has 6 nitrogen and oxygen atoms in total. The Bertz CT molecular complexity index is 933. The SMILES string of the molecule is Cc1c(-c2nnc(C(=O)NC3CCCCCC3)o2)oc2c(C)cccc12. The van der Waals surface area contributed by atoms with Crippen LogP contribution in [0, 0.1) is 13.8 Å². The number of carbonyl (C=O) groups excluding carboxylic acids is 1.